The van der Waals surface area contributed by atoms with E-state index in [1.165, 1.54) is 19.3 Å². The number of carbonyl (C=O) groups excluding carboxylic acids is 2. The molecule has 1 aliphatic carbocycles. The van der Waals surface area contributed by atoms with Gasteiger partial charge in [-0.25, -0.2) is 4.79 Å². The van der Waals surface area contributed by atoms with Gasteiger partial charge in [0.15, 0.2) is 0 Å². The number of anilines is 2. The van der Waals surface area contributed by atoms with Crippen molar-refractivity contribution in [2.24, 2.45) is 0 Å². The number of rotatable bonds is 6. The fourth-order valence-electron chi connectivity index (χ4n) is 3.46. The molecule has 2 N–H and O–H groups in total. The van der Waals surface area contributed by atoms with E-state index in [0.29, 0.717) is 24.3 Å². The summed E-state index contributed by atoms with van der Waals surface area (Å²) in [7, 11) is 3.83. The van der Waals surface area contributed by atoms with Crippen molar-refractivity contribution in [3.8, 4) is 0 Å². The first-order valence-corrected chi connectivity index (χ1v) is 9.64. The molecule has 1 saturated carbocycles. The van der Waals surface area contributed by atoms with Crippen molar-refractivity contribution in [2.75, 3.05) is 37.4 Å². The molecule has 1 aliphatic rings. The van der Waals surface area contributed by atoms with Gasteiger partial charge in [0.05, 0.1) is 5.56 Å². The van der Waals surface area contributed by atoms with E-state index in [4.69, 9.17) is 0 Å². The molecule has 0 atom stereocenters. The highest BCUT2D eigenvalue weighted by Crippen LogP contribution is 2.25. The molecular weight excluding hydrogens is 328 g/mol. The molecule has 144 valence electrons. The normalized spacial score (nSPS) is 14.6. The molecule has 6 nitrogen and oxygen atoms in total. The van der Waals surface area contributed by atoms with Crippen molar-refractivity contribution >= 4 is 23.3 Å². The predicted octanol–water partition coefficient (Wildman–Crippen LogP) is 3.69. The number of urea groups is 1. The highest BCUT2D eigenvalue weighted by molar-refractivity contribution is 6.02. The van der Waals surface area contributed by atoms with Gasteiger partial charge < -0.3 is 20.4 Å². The molecule has 0 spiro atoms. The largest absolute Gasteiger partial charge is 0.377 e. The van der Waals surface area contributed by atoms with Gasteiger partial charge in [-0.15, -0.1) is 0 Å². The van der Waals surface area contributed by atoms with Gasteiger partial charge in [0.2, 0.25) is 0 Å². The van der Waals surface area contributed by atoms with Crippen LogP contribution in [0.3, 0.4) is 0 Å². The Morgan fingerprint density at radius 2 is 1.73 bits per heavy atom. The Morgan fingerprint density at radius 1 is 1.08 bits per heavy atom. The summed E-state index contributed by atoms with van der Waals surface area (Å²) < 4.78 is 0. The second kappa shape index (κ2) is 9.46. The molecule has 2 rings (SSSR count). The van der Waals surface area contributed by atoms with Crippen LogP contribution >= 0.6 is 0 Å². The van der Waals surface area contributed by atoms with Crippen LogP contribution in [0.4, 0.5) is 16.2 Å². The molecule has 0 aliphatic heterocycles. The lowest BCUT2D eigenvalue weighted by Crippen LogP contribution is -2.39. The zero-order chi connectivity index (χ0) is 19.1. The van der Waals surface area contributed by atoms with Gasteiger partial charge >= 0.3 is 6.03 Å². The molecule has 6 heteroatoms. The van der Waals surface area contributed by atoms with Crippen LogP contribution in [0.1, 0.15) is 56.3 Å². The van der Waals surface area contributed by atoms with Crippen molar-refractivity contribution in [3.05, 3.63) is 23.8 Å². The van der Waals surface area contributed by atoms with Gasteiger partial charge in [-0.3, -0.25) is 4.79 Å². The highest BCUT2D eigenvalue weighted by atomic mass is 16.2. The standard InChI is InChI=1S/C20H32N4O2/c1-5-24(6-2)19(25)17-14-16(12-13-18(17)23(3)4)22-20(26)21-15-10-8-7-9-11-15/h12-15H,5-11H2,1-4H3,(H2,21,22,26). The average molecular weight is 361 g/mol. The molecule has 26 heavy (non-hydrogen) atoms. The van der Waals surface area contributed by atoms with Crippen molar-refractivity contribution < 1.29 is 9.59 Å². The predicted molar refractivity (Wildman–Crippen MR) is 107 cm³/mol. The third kappa shape index (κ3) is 5.13. The number of hydrogen-bond acceptors (Lipinski definition) is 3. The van der Waals surface area contributed by atoms with Gasteiger partial charge in [0.25, 0.3) is 5.91 Å². The molecule has 0 heterocycles. The van der Waals surface area contributed by atoms with Crippen LogP contribution in [0.15, 0.2) is 18.2 Å². The SMILES string of the molecule is CCN(CC)C(=O)c1cc(NC(=O)NC2CCCCC2)ccc1N(C)C. The molecular formula is C20H32N4O2. The molecule has 3 amide bonds. The van der Waals surface area contributed by atoms with Gasteiger partial charge in [-0.05, 0) is 44.9 Å². The molecule has 0 aromatic heterocycles. The lowest BCUT2D eigenvalue weighted by molar-refractivity contribution is 0.0773. The summed E-state index contributed by atoms with van der Waals surface area (Å²) in [4.78, 5) is 28.9. The Hall–Kier alpha value is -2.24. The second-order valence-electron chi connectivity index (χ2n) is 7.04. The summed E-state index contributed by atoms with van der Waals surface area (Å²) in [6, 6.07) is 5.55. The summed E-state index contributed by atoms with van der Waals surface area (Å²) in [6.07, 6.45) is 5.68. The van der Waals surface area contributed by atoms with E-state index in [0.717, 1.165) is 18.5 Å². The topological polar surface area (TPSA) is 64.7 Å². The quantitative estimate of drug-likeness (QED) is 0.813. The first-order chi connectivity index (χ1) is 12.5. The first-order valence-electron chi connectivity index (χ1n) is 9.64. The number of hydrogen-bond donors (Lipinski definition) is 2. The van der Waals surface area contributed by atoms with Crippen LogP contribution in [0.25, 0.3) is 0 Å². The van der Waals surface area contributed by atoms with E-state index in [9.17, 15) is 9.59 Å². The van der Waals surface area contributed by atoms with Crippen LogP contribution in [-0.4, -0.2) is 50.1 Å². The molecule has 0 bridgehead atoms. The minimum atomic E-state index is -0.198. The minimum Gasteiger partial charge on any atom is -0.377 e. The van der Waals surface area contributed by atoms with E-state index >= 15 is 0 Å². The van der Waals surface area contributed by atoms with Gasteiger partial charge in [0, 0.05) is 44.6 Å². The van der Waals surface area contributed by atoms with Crippen molar-refractivity contribution in [3.63, 3.8) is 0 Å². The fourth-order valence-corrected chi connectivity index (χ4v) is 3.46. The maximum atomic E-state index is 12.9. The molecule has 1 fully saturated rings. The molecule has 1 aromatic rings. The molecule has 0 unspecified atom stereocenters. The maximum Gasteiger partial charge on any atom is 0.319 e. The van der Waals surface area contributed by atoms with E-state index < -0.39 is 0 Å². The monoisotopic (exact) mass is 360 g/mol. The summed E-state index contributed by atoms with van der Waals surface area (Å²) in [5.41, 5.74) is 2.09. The third-order valence-corrected chi connectivity index (χ3v) is 4.96. The van der Waals surface area contributed by atoms with Crippen LogP contribution < -0.4 is 15.5 Å². The van der Waals surface area contributed by atoms with E-state index in [1.54, 1.807) is 11.0 Å². The smallest absolute Gasteiger partial charge is 0.319 e. The molecule has 0 saturated heterocycles. The van der Waals surface area contributed by atoms with Crippen LogP contribution in [0, 0.1) is 0 Å². The fraction of sp³-hybridized carbons (Fsp3) is 0.600. The van der Waals surface area contributed by atoms with Gasteiger partial charge in [0.1, 0.15) is 0 Å². The first kappa shape index (κ1) is 20.1. The number of carbonyl (C=O) groups is 2. The zero-order valence-corrected chi connectivity index (χ0v) is 16.5. The summed E-state index contributed by atoms with van der Waals surface area (Å²) in [5.74, 6) is -0.0185. The van der Waals surface area contributed by atoms with Crippen LogP contribution in [0.5, 0.6) is 0 Å². The van der Waals surface area contributed by atoms with Gasteiger partial charge in [-0.1, -0.05) is 19.3 Å². The summed E-state index contributed by atoms with van der Waals surface area (Å²) in [6.45, 7) is 5.25. The minimum absolute atomic E-state index is 0.0185. The van der Waals surface area contributed by atoms with E-state index in [1.807, 2.05) is 45.0 Å². The number of benzene rings is 1. The Morgan fingerprint density at radius 3 is 2.31 bits per heavy atom. The van der Waals surface area contributed by atoms with E-state index in [2.05, 4.69) is 10.6 Å². The zero-order valence-electron chi connectivity index (χ0n) is 16.5. The van der Waals surface area contributed by atoms with Crippen molar-refractivity contribution in [1.29, 1.82) is 0 Å². The molecule has 0 radical (unpaired) electrons. The molecule has 1 aromatic carbocycles. The number of nitrogens with zero attached hydrogens (tertiary/aromatic N) is 2. The Labute approximate surface area is 156 Å². The van der Waals surface area contributed by atoms with Crippen molar-refractivity contribution in [2.45, 2.75) is 52.0 Å². The lowest BCUT2D eigenvalue weighted by atomic mass is 9.96. The highest BCUT2D eigenvalue weighted by Gasteiger charge is 2.20. The Bertz CT molecular complexity index is 620. The Balaban J connectivity index is 2.15. The summed E-state index contributed by atoms with van der Waals surface area (Å²) >= 11 is 0. The lowest BCUT2D eigenvalue weighted by Gasteiger charge is -2.24. The third-order valence-electron chi connectivity index (χ3n) is 4.96. The number of nitrogens with one attached hydrogen (secondary N) is 2. The van der Waals surface area contributed by atoms with E-state index in [-0.39, 0.29) is 18.0 Å². The number of amides is 3. The summed E-state index contributed by atoms with van der Waals surface area (Å²) in [5, 5.41) is 5.93. The van der Waals surface area contributed by atoms with Crippen LogP contribution in [0.2, 0.25) is 0 Å². The maximum absolute atomic E-state index is 12.9. The van der Waals surface area contributed by atoms with Gasteiger partial charge in [-0.2, -0.15) is 0 Å². The Kier molecular flexibility index (Phi) is 7.30. The van der Waals surface area contributed by atoms with Crippen molar-refractivity contribution in [1.82, 2.24) is 10.2 Å². The average Bonchev–Trinajstić information content (AvgIpc) is 2.63. The van der Waals surface area contributed by atoms with Crippen LogP contribution in [-0.2, 0) is 0 Å². The second-order valence-corrected chi connectivity index (χ2v) is 7.04.